The van der Waals surface area contributed by atoms with Crippen LogP contribution in [0.4, 0.5) is 22.0 Å². The molecule has 0 radical (unpaired) electrons. The smallest absolute Gasteiger partial charge is 0.200 e. The molecule has 1 aromatic carbocycles. The molecule has 0 saturated heterocycles. The minimum absolute atomic E-state index is 0.0586. The van der Waals surface area contributed by atoms with Crippen LogP contribution in [0, 0.1) is 40.9 Å². The van der Waals surface area contributed by atoms with Crippen LogP contribution in [-0.2, 0) is 0 Å². The van der Waals surface area contributed by atoms with Crippen LogP contribution in [0.25, 0.3) is 0 Å². The van der Waals surface area contributed by atoms with E-state index in [1.165, 1.54) is 0 Å². The van der Waals surface area contributed by atoms with Gasteiger partial charge < -0.3 is 0 Å². The van der Waals surface area contributed by atoms with Gasteiger partial charge in [0.05, 0.1) is 0 Å². The van der Waals surface area contributed by atoms with Gasteiger partial charge in [0.2, 0.25) is 5.82 Å². The maximum atomic E-state index is 13.7. The lowest BCUT2D eigenvalue weighted by Gasteiger charge is -2.23. The third-order valence-corrected chi connectivity index (χ3v) is 4.35. The predicted octanol–water partition coefficient (Wildman–Crippen LogP) is 4.29. The zero-order chi connectivity index (χ0) is 13.0. The Kier molecular flexibility index (Phi) is 2.61. The second-order valence-electron chi connectivity index (χ2n) is 5.26. The molecule has 0 heterocycles. The van der Waals surface area contributed by atoms with Gasteiger partial charge in [0.1, 0.15) is 0 Å². The van der Waals surface area contributed by atoms with Gasteiger partial charge in [0, 0.05) is 5.56 Å². The van der Waals surface area contributed by atoms with Crippen molar-refractivity contribution in [1.29, 1.82) is 0 Å². The fraction of sp³-hybridized carbons (Fsp3) is 0.538. The average Bonchev–Trinajstić information content (AvgIpc) is 2.97. The molecule has 2 saturated carbocycles. The van der Waals surface area contributed by atoms with E-state index in [2.05, 4.69) is 0 Å². The molecular formula is C13H11F5. The van der Waals surface area contributed by atoms with Crippen LogP contribution in [0.1, 0.15) is 37.2 Å². The Hall–Kier alpha value is -1.13. The van der Waals surface area contributed by atoms with Gasteiger partial charge in [-0.15, -0.1) is 0 Å². The van der Waals surface area contributed by atoms with Crippen molar-refractivity contribution in [1.82, 2.24) is 0 Å². The molecule has 3 unspecified atom stereocenters. The van der Waals surface area contributed by atoms with E-state index < -0.39 is 40.6 Å². The number of hydrogen-bond donors (Lipinski definition) is 0. The van der Waals surface area contributed by atoms with Crippen LogP contribution in [0.5, 0.6) is 0 Å². The molecule has 2 aliphatic rings. The van der Waals surface area contributed by atoms with Gasteiger partial charge in [-0.25, -0.2) is 22.0 Å². The van der Waals surface area contributed by atoms with E-state index in [4.69, 9.17) is 0 Å². The van der Waals surface area contributed by atoms with Crippen molar-refractivity contribution < 1.29 is 22.0 Å². The van der Waals surface area contributed by atoms with Gasteiger partial charge >= 0.3 is 0 Å². The molecule has 3 rings (SSSR count). The molecule has 3 atom stereocenters. The Bertz CT molecular complexity index is 482. The molecule has 1 aromatic rings. The van der Waals surface area contributed by atoms with E-state index in [9.17, 15) is 22.0 Å². The molecule has 2 aliphatic carbocycles. The van der Waals surface area contributed by atoms with Crippen LogP contribution in [-0.4, -0.2) is 0 Å². The number of benzene rings is 1. The van der Waals surface area contributed by atoms with E-state index in [-0.39, 0.29) is 5.92 Å². The first-order chi connectivity index (χ1) is 8.50. The molecule has 18 heavy (non-hydrogen) atoms. The summed E-state index contributed by atoms with van der Waals surface area (Å²) < 4.78 is 66.5. The van der Waals surface area contributed by atoms with E-state index in [1.54, 1.807) is 0 Å². The highest BCUT2D eigenvalue weighted by Crippen LogP contribution is 2.54. The predicted molar refractivity (Wildman–Crippen MR) is 54.4 cm³/mol. The summed E-state index contributed by atoms with van der Waals surface area (Å²) in [7, 11) is 0. The molecular weight excluding hydrogens is 251 g/mol. The minimum atomic E-state index is -2.07. The summed E-state index contributed by atoms with van der Waals surface area (Å²) in [5.41, 5.74) is -0.599. The summed E-state index contributed by atoms with van der Waals surface area (Å²) in [5, 5.41) is 0. The zero-order valence-corrected chi connectivity index (χ0v) is 9.45. The largest absolute Gasteiger partial charge is 0.203 e. The van der Waals surface area contributed by atoms with E-state index in [0.717, 1.165) is 19.3 Å². The monoisotopic (exact) mass is 262 g/mol. The van der Waals surface area contributed by atoms with Gasteiger partial charge in [-0.05, 0) is 37.0 Å². The van der Waals surface area contributed by atoms with Crippen molar-refractivity contribution in [3.05, 3.63) is 34.6 Å². The highest BCUT2D eigenvalue weighted by atomic mass is 19.2. The Morgan fingerprint density at radius 2 is 1.22 bits per heavy atom. The molecule has 0 amide bonds. The zero-order valence-electron chi connectivity index (χ0n) is 9.45. The summed E-state index contributed by atoms with van der Waals surface area (Å²) in [6, 6.07) is 0. The number of rotatable bonds is 1. The van der Waals surface area contributed by atoms with E-state index in [0.29, 0.717) is 12.3 Å². The average molecular weight is 262 g/mol. The Morgan fingerprint density at radius 1 is 0.667 bits per heavy atom. The molecule has 0 aromatic heterocycles. The number of fused-ring (bicyclic) bond motifs is 2. The van der Waals surface area contributed by atoms with Crippen LogP contribution >= 0.6 is 0 Å². The highest BCUT2D eigenvalue weighted by Gasteiger charge is 2.44. The maximum absolute atomic E-state index is 13.7. The van der Waals surface area contributed by atoms with Gasteiger partial charge in [-0.1, -0.05) is 6.42 Å². The highest BCUT2D eigenvalue weighted by molar-refractivity contribution is 5.29. The van der Waals surface area contributed by atoms with Crippen molar-refractivity contribution in [2.24, 2.45) is 11.8 Å². The molecule has 5 heteroatoms. The first-order valence-electron chi connectivity index (χ1n) is 6.02. The topological polar surface area (TPSA) is 0 Å². The lowest BCUT2D eigenvalue weighted by molar-refractivity contribution is 0.339. The van der Waals surface area contributed by atoms with Crippen molar-refractivity contribution in [2.75, 3.05) is 0 Å². The van der Waals surface area contributed by atoms with Gasteiger partial charge in [-0.2, -0.15) is 0 Å². The van der Waals surface area contributed by atoms with Crippen molar-refractivity contribution >= 4 is 0 Å². The Labute approximate surface area is 101 Å². The molecule has 0 nitrogen and oxygen atoms in total. The van der Waals surface area contributed by atoms with Gasteiger partial charge in [-0.3, -0.25) is 0 Å². The maximum Gasteiger partial charge on any atom is 0.200 e. The van der Waals surface area contributed by atoms with Crippen molar-refractivity contribution in [3.8, 4) is 0 Å². The third kappa shape index (κ3) is 1.49. The van der Waals surface area contributed by atoms with Gasteiger partial charge in [0.25, 0.3) is 0 Å². The molecule has 0 spiro atoms. The van der Waals surface area contributed by atoms with Crippen LogP contribution in [0.3, 0.4) is 0 Å². The minimum Gasteiger partial charge on any atom is -0.203 e. The van der Waals surface area contributed by atoms with Crippen LogP contribution in [0.15, 0.2) is 0 Å². The van der Waals surface area contributed by atoms with E-state index >= 15 is 0 Å². The fourth-order valence-electron chi connectivity index (χ4n) is 3.55. The lowest BCUT2D eigenvalue weighted by Crippen LogP contribution is -2.16. The standard InChI is InChI=1S/C13H11F5/c14-9-8(7-4-5-1-2-6(7)3-5)10(15)12(17)13(18)11(9)16/h5-7H,1-4H2. The van der Waals surface area contributed by atoms with Gasteiger partial charge in [0.15, 0.2) is 23.3 Å². The first kappa shape index (κ1) is 11.9. The summed E-state index contributed by atoms with van der Waals surface area (Å²) in [5.74, 6) is -9.12. The molecule has 98 valence electrons. The third-order valence-electron chi connectivity index (χ3n) is 4.35. The quantitative estimate of drug-likeness (QED) is 0.402. The summed E-state index contributed by atoms with van der Waals surface area (Å²) >= 11 is 0. The van der Waals surface area contributed by atoms with Crippen molar-refractivity contribution in [2.45, 2.75) is 31.6 Å². The Balaban J connectivity index is 2.12. The fourth-order valence-corrected chi connectivity index (χ4v) is 3.55. The van der Waals surface area contributed by atoms with Crippen LogP contribution < -0.4 is 0 Å². The number of hydrogen-bond acceptors (Lipinski definition) is 0. The summed E-state index contributed by atoms with van der Waals surface area (Å²) in [4.78, 5) is 0. The second-order valence-corrected chi connectivity index (χ2v) is 5.26. The first-order valence-corrected chi connectivity index (χ1v) is 6.02. The van der Waals surface area contributed by atoms with Crippen molar-refractivity contribution in [3.63, 3.8) is 0 Å². The Morgan fingerprint density at radius 3 is 1.67 bits per heavy atom. The molecule has 2 fully saturated rings. The summed E-state index contributed by atoms with van der Waals surface area (Å²) in [6.45, 7) is 0. The van der Waals surface area contributed by atoms with E-state index in [1.807, 2.05) is 0 Å². The second kappa shape index (κ2) is 3.93. The summed E-state index contributed by atoms with van der Waals surface area (Å²) in [6.07, 6.45) is 3.18. The molecule has 0 aliphatic heterocycles. The number of halogens is 5. The van der Waals surface area contributed by atoms with Crippen LogP contribution in [0.2, 0.25) is 0 Å². The molecule has 2 bridgehead atoms. The lowest BCUT2D eigenvalue weighted by atomic mass is 9.83. The SMILES string of the molecule is Fc1c(F)c(F)c(C2CC3CCC2C3)c(F)c1F. The molecule has 0 N–H and O–H groups in total. The normalized spacial score (nSPS) is 30.2.